The van der Waals surface area contributed by atoms with E-state index in [1.807, 2.05) is 50.2 Å². The molecule has 2 aliphatic rings. The van der Waals surface area contributed by atoms with Crippen molar-refractivity contribution in [2.75, 3.05) is 10.2 Å². The van der Waals surface area contributed by atoms with Crippen LogP contribution in [-0.4, -0.2) is 17.7 Å². The Morgan fingerprint density at radius 2 is 1.59 bits per heavy atom. The number of hydrogen-bond acceptors (Lipinski definition) is 3. The molecule has 1 heterocycles. The van der Waals surface area contributed by atoms with E-state index in [0.717, 1.165) is 23.2 Å². The molecule has 1 aliphatic heterocycles. The molecule has 5 nitrogen and oxygen atoms in total. The molecule has 3 aromatic carbocycles. The molecule has 172 valence electrons. The number of benzene rings is 3. The zero-order chi connectivity index (χ0) is 23.8. The summed E-state index contributed by atoms with van der Waals surface area (Å²) in [5, 5.41) is 2.95. The second kappa shape index (κ2) is 8.90. The fraction of sp³-hybridized carbons (Fsp3) is 0.276. The van der Waals surface area contributed by atoms with Crippen LogP contribution in [0.1, 0.15) is 52.2 Å². The van der Waals surface area contributed by atoms with Crippen LogP contribution >= 0.6 is 0 Å². The summed E-state index contributed by atoms with van der Waals surface area (Å²) < 4.78 is 0. The summed E-state index contributed by atoms with van der Waals surface area (Å²) in [6.45, 7) is 3.96. The lowest BCUT2D eigenvalue weighted by molar-refractivity contribution is -0.122. The minimum atomic E-state index is -0.307. The van der Waals surface area contributed by atoms with E-state index in [1.54, 1.807) is 24.3 Å². The average Bonchev–Trinajstić information content (AvgIpc) is 3.11. The third-order valence-electron chi connectivity index (χ3n) is 7.42. The molecule has 0 spiro atoms. The van der Waals surface area contributed by atoms with Crippen molar-refractivity contribution in [1.29, 1.82) is 0 Å². The van der Waals surface area contributed by atoms with Crippen molar-refractivity contribution in [2.24, 2.45) is 11.8 Å². The van der Waals surface area contributed by atoms with Crippen molar-refractivity contribution >= 4 is 29.1 Å². The van der Waals surface area contributed by atoms with Gasteiger partial charge in [0.05, 0.1) is 17.5 Å². The van der Waals surface area contributed by atoms with Crippen LogP contribution in [0.4, 0.5) is 11.4 Å². The lowest BCUT2D eigenvalue weighted by Crippen LogP contribution is -2.31. The van der Waals surface area contributed by atoms with E-state index in [1.165, 1.54) is 10.5 Å². The largest absolute Gasteiger partial charge is 0.322 e. The zero-order valence-electron chi connectivity index (χ0n) is 19.5. The molecule has 1 saturated carbocycles. The number of carbonyl (C=O) groups excluding carboxylic acids is 3. The van der Waals surface area contributed by atoms with E-state index in [2.05, 4.69) is 17.4 Å². The topological polar surface area (TPSA) is 66.5 Å². The maximum Gasteiger partial charge on any atom is 0.255 e. The number of nitrogens with zero attached hydrogens (tertiary/aromatic N) is 1. The van der Waals surface area contributed by atoms with Gasteiger partial charge in [-0.1, -0.05) is 48.5 Å². The van der Waals surface area contributed by atoms with Gasteiger partial charge in [-0.3, -0.25) is 19.3 Å². The normalized spacial score (nSPS) is 21.9. The van der Waals surface area contributed by atoms with Gasteiger partial charge in [0, 0.05) is 11.3 Å². The number of fused-ring (bicyclic) bond motifs is 1. The van der Waals surface area contributed by atoms with Gasteiger partial charge in [-0.15, -0.1) is 0 Å². The van der Waals surface area contributed by atoms with Crippen molar-refractivity contribution in [1.82, 2.24) is 0 Å². The van der Waals surface area contributed by atoms with Crippen LogP contribution in [0.5, 0.6) is 0 Å². The molecule has 1 aliphatic carbocycles. The molecule has 5 heteroatoms. The molecular formula is C29H28N2O3. The molecule has 0 aromatic heterocycles. The van der Waals surface area contributed by atoms with Crippen LogP contribution in [0.2, 0.25) is 0 Å². The Morgan fingerprint density at radius 1 is 0.853 bits per heavy atom. The summed E-state index contributed by atoms with van der Waals surface area (Å²) in [6.07, 6.45) is 2.29. The summed E-state index contributed by atoms with van der Waals surface area (Å²) in [6, 6.07) is 22.8. The molecular weight excluding hydrogens is 424 g/mol. The number of imide groups is 1. The molecule has 3 atom stereocenters. The number of anilines is 2. The van der Waals surface area contributed by atoms with E-state index in [4.69, 9.17) is 0 Å². The van der Waals surface area contributed by atoms with Gasteiger partial charge in [-0.2, -0.15) is 0 Å². The minimum Gasteiger partial charge on any atom is -0.322 e. The molecule has 5 rings (SSSR count). The van der Waals surface area contributed by atoms with Crippen LogP contribution in [0.25, 0.3) is 0 Å². The Hall–Kier alpha value is -3.73. The maximum atomic E-state index is 13.4. The molecule has 0 radical (unpaired) electrons. The van der Waals surface area contributed by atoms with Crippen LogP contribution in [0, 0.1) is 25.7 Å². The first kappa shape index (κ1) is 22.1. The van der Waals surface area contributed by atoms with Crippen molar-refractivity contribution in [3.05, 3.63) is 95.1 Å². The van der Waals surface area contributed by atoms with Crippen molar-refractivity contribution < 1.29 is 14.4 Å². The summed E-state index contributed by atoms with van der Waals surface area (Å²) >= 11 is 0. The third-order valence-corrected chi connectivity index (χ3v) is 7.42. The lowest BCUT2D eigenvalue weighted by Gasteiger charge is -2.28. The quantitative estimate of drug-likeness (QED) is 0.522. The molecule has 2 fully saturated rings. The Kier molecular flexibility index (Phi) is 5.78. The van der Waals surface area contributed by atoms with Gasteiger partial charge < -0.3 is 5.32 Å². The summed E-state index contributed by atoms with van der Waals surface area (Å²) in [5.74, 6) is -0.861. The second-order valence-electron chi connectivity index (χ2n) is 9.40. The van der Waals surface area contributed by atoms with E-state index < -0.39 is 0 Å². The van der Waals surface area contributed by atoms with Crippen molar-refractivity contribution in [3.63, 3.8) is 0 Å². The van der Waals surface area contributed by atoms with Gasteiger partial charge in [0.2, 0.25) is 11.8 Å². The summed E-state index contributed by atoms with van der Waals surface area (Å²) in [4.78, 5) is 40.9. The highest BCUT2D eigenvalue weighted by atomic mass is 16.2. The Balaban J connectivity index is 1.37. The second-order valence-corrected chi connectivity index (χ2v) is 9.40. The SMILES string of the molecule is Cc1cccc(NC(=O)c2cccc(N3C(=O)[C@@H]4CC[C@@H](c5ccccc5)C[C@H]4C3=O)c2)c1C. The summed E-state index contributed by atoms with van der Waals surface area (Å²) in [5.41, 5.74) is 4.96. The lowest BCUT2D eigenvalue weighted by atomic mass is 9.73. The number of rotatable bonds is 4. The molecule has 1 saturated heterocycles. The summed E-state index contributed by atoms with van der Waals surface area (Å²) in [7, 11) is 0. The first-order chi connectivity index (χ1) is 16.4. The van der Waals surface area contributed by atoms with E-state index in [-0.39, 0.29) is 35.5 Å². The number of hydrogen-bond donors (Lipinski definition) is 1. The predicted octanol–water partition coefficient (Wildman–Crippen LogP) is 5.63. The Labute approximate surface area is 199 Å². The first-order valence-electron chi connectivity index (χ1n) is 11.8. The van der Waals surface area contributed by atoms with Crippen LogP contribution in [0.3, 0.4) is 0 Å². The predicted molar refractivity (Wildman–Crippen MR) is 133 cm³/mol. The van der Waals surface area contributed by atoms with Crippen LogP contribution < -0.4 is 10.2 Å². The Bertz CT molecular complexity index is 1270. The van der Waals surface area contributed by atoms with Gasteiger partial charge in [-0.25, -0.2) is 0 Å². The number of aryl methyl sites for hydroxylation is 1. The molecule has 34 heavy (non-hydrogen) atoms. The highest BCUT2D eigenvalue weighted by Crippen LogP contribution is 2.45. The van der Waals surface area contributed by atoms with E-state index in [9.17, 15) is 14.4 Å². The zero-order valence-corrected chi connectivity index (χ0v) is 19.5. The highest BCUT2D eigenvalue weighted by Gasteiger charge is 2.50. The van der Waals surface area contributed by atoms with Gasteiger partial charge >= 0.3 is 0 Å². The van der Waals surface area contributed by atoms with E-state index >= 15 is 0 Å². The van der Waals surface area contributed by atoms with E-state index in [0.29, 0.717) is 24.1 Å². The molecule has 3 amide bonds. The average molecular weight is 453 g/mol. The van der Waals surface area contributed by atoms with Crippen molar-refractivity contribution in [3.8, 4) is 0 Å². The minimum absolute atomic E-state index is 0.145. The number of nitrogens with one attached hydrogen (secondary N) is 1. The smallest absolute Gasteiger partial charge is 0.255 e. The standard InChI is InChI=1S/C29H28N2O3/c1-18-8-6-13-26(19(18)2)30-27(32)22-11-7-12-23(16-22)31-28(33)24-15-14-21(17-25(24)29(31)34)20-9-4-3-5-10-20/h3-13,16,21,24-25H,14-15,17H2,1-2H3,(H,30,32)/t21-,24-,25-/m1/s1. The monoisotopic (exact) mass is 452 g/mol. The van der Waals surface area contributed by atoms with Gasteiger partial charge in [-0.05, 0) is 80.0 Å². The van der Waals surface area contributed by atoms with Crippen molar-refractivity contribution in [2.45, 2.75) is 39.0 Å². The first-order valence-corrected chi connectivity index (χ1v) is 11.8. The Morgan fingerprint density at radius 3 is 2.38 bits per heavy atom. The van der Waals surface area contributed by atoms with Gasteiger partial charge in [0.1, 0.15) is 0 Å². The number of amides is 3. The fourth-order valence-corrected chi connectivity index (χ4v) is 5.33. The molecule has 3 aromatic rings. The van der Waals surface area contributed by atoms with Gasteiger partial charge in [0.15, 0.2) is 0 Å². The van der Waals surface area contributed by atoms with Crippen LogP contribution in [0.15, 0.2) is 72.8 Å². The number of carbonyl (C=O) groups is 3. The van der Waals surface area contributed by atoms with Gasteiger partial charge in [0.25, 0.3) is 5.91 Å². The van der Waals surface area contributed by atoms with Crippen LogP contribution in [-0.2, 0) is 9.59 Å². The fourth-order valence-electron chi connectivity index (χ4n) is 5.33. The molecule has 0 bridgehead atoms. The maximum absolute atomic E-state index is 13.4. The molecule has 0 unspecified atom stereocenters. The highest BCUT2D eigenvalue weighted by molar-refractivity contribution is 6.22. The third kappa shape index (κ3) is 3.92. The molecule has 1 N–H and O–H groups in total.